The van der Waals surface area contributed by atoms with E-state index in [9.17, 15) is 31.2 Å². The molecule has 0 radical (unpaired) electrons. The SMILES string of the molecule is CC(=O)C(Cc1ccccc1)N[C@@H](CC(C)C)C(=O)OCc1ccccc1.COS(=O)(=O)C(F)(F)F. The van der Waals surface area contributed by atoms with Crippen LogP contribution >= 0.6 is 0 Å². The van der Waals surface area contributed by atoms with Gasteiger partial charge in [-0.3, -0.25) is 19.1 Å². The Labute approximate surface area is 210 Å². The highest BCUT2D eigenvalue weighted by Gasteiger charge is 2.46. The van der Waals surface area contributed by atoms with Crippen molar-refractivity contribution in [1.29, 1.82) is 0 Å². The third-order valence-corrected chi connectivity index (χ3v) is 5.90. The molecular weight excluding hydrogens is 499 g/mol. The monoisotopic (exact) mass is 531 g/mol. The molecule has 0 aliphatic rings. The summed E-state index contributed by atoms with van der Waals surface area (Å²) >= 11 is 0. The maximum Gasteiger partial charge on any atom is 0.523 e. The first kappa shape index (κ1) is 31.3. The summed E-state index contributed by atoms with van der Waals surface area (Å²) in [6.07, 6.45) is 1.17. The van der Waals surface area contributed by atoms with Crippen molar-refractivity contribution in [2.24, 2.45) is 5.92 Å². The van der Waals surface area contributed by atoms with Crippen LogP contribution in [0.5, 0.6) is 0 Å². The first-order valence-corrected chi connectivity index (χ1v) is 12.6. The standard InChI is InChI=1S/C23H29NO3.C2H3F3O3S/c1-17(2)14-22(23(26)27-16-20-12-8-5-9-13-20)24-21(18(3)25)15-19-10-6-4-7-11-19;1-8-9(6,7)2(3,4)5/h4-13,17,21-22,24H,14-16H2,1-3H3;1H3/t21?,22-;/m0./s1. The second-order valence-corrected chi connectivity index (χ2v) is 10.1. The van der Waals surface area contributed by atoms with Crippen molar-refractivity contribution < 1.29 is 40.1 Å². The lowest BCUT2D eigenvalue weighted by Gasteiger charge is -2.24. The summed E-state index contributed by atoms with van der Waals surface area (Å²) in [5, 5.41) is 3.25. The van der Waals surface area contributed by atoms with Gasteiger partial charge in [0.25, 0.3) is 0 Å². The number of carbonyl (C=O) groups is 2. The van der Waals surface area contributed by atoms with Crippen molar-refractivity contribution in [3.63, 3.8) is 0 Å². The van der Waals surface area contributed by atoms with Crippen molar-refractivity contribution >= 4 is 21.9 Å². The van der Waals surface area contributed by atoms with E-state index in [0.29, 0.717) is 25.9 Å². The molecule has 0 spiro atoms. The predicted octanol–water partition coefficient (Wildman–Crippen LogP) is 4.42. The molecule has 2 rings (SSSR count). The van der Waals surface area contributed by atoms with Gasteiger partial charge < -0.3 is 4.74 Å². The number of nitrogens with one attached hydrogen (secondary N) is 1. The van der Waals surface area contributed by atoms with Crippen LogP contribution in [0.3, 0.4) is 0 Å². The van der Waals surface area contributed by atoms with E-state index >= 15 is 0 Å². The van der Waals surface area contributed by atoms with Crippen molar-refractivity contribution in [2.45, 2.75) is 57.8 Å². The number of alkyl halides is 3. The summed E-state index contributed by atoms with van der Waals surface area (Å²) in [7, 11) is -4.89. The molecule has 0 fully saturated rings. The quantitative estimate of drug-likeness (QED) is 0.260. The van der Waals surface area contributed by atoms with Crippen molar-refractivity contribution in [3.05, 3.63) is 71.8 Å². The molecule has 2 aromatic carbocycles. The van der Waals surface area contributed by atoms with Gasteiger partial charge in [0.1, 0.15) is 18.4 Å². The number of benzene rings is 2. The molecule has 2 atom stereocenters. The molecule has 11 heteroatoms. The minimum Gasteiger partial charge on any atom is -0.460 e. The molecule has 0 saturated heterocycles. The lowest BCUT2D eigenvalue weighted by molar-refractivity contribution is -0.148. The molecule has 0 saturated carbocycles. The summed E-state index contributed by atoms with van der Waals surface area (Å²) in [4.78, 5) is 24.8. The number of carbonyl (C=O) groups excluding carboxylic acids is 2. The zero-order chi connectivity index (χ0) is 27.4. The fourth-order valence-corrected chi connectivity index (χ4v) is 3.23. The molecule has 1 unspecified atom stereocenters. The molecule has 7 nitrogen and oxygen atoms in total. The van der Waals surface area contributed by atoms with Gasteiger partial charge in [-0.25, -0.2) is 0 Å². The van der Waals surface area contributed by atoms with Crippen LogP contribution in [0.4, 0.5) is 13.2 Å². The van der Waals surface area contributed by atoms with Crippen LogP contribution in [0.15, 0.2) is 60.7 Å². The minimum atomic E-state index is -5.34. The molecule has 0 aromatic heterocycles. The number of halogens is 3. The number of ether oxygens (including phenoxy) is 1. The molecule has 0 bridgehead atoms. The Morgan fingerprint density at radius 2 is 1.42 bits per heavy atom. The molecule has 0 aliphatic heterocycles. The lowest BCUT2D eigenvalue weighted by Crippen LogP contribution is -2.48. The summed E-state index contributed by atoms with van der Waals surface area (Å²) in [6, 6.07) is 18.5. The smallest absolute Gasteiger partial charge is 0.460 e. The maximum absolute atomic E-state index is 12.7. The van der Waals surface area contributed by atoms with E-state index < -0.39 is 27.7 Å². The Morgan fingerprint density at radius 1 is 0.917 bits per heavy atom. The zero-order valence-electron chi connectivity index (χ0n) is 20.6. The van der Waals surface area contributed by atoms with Gasteiger partial charge in [-0.15, -0.1) is 0 Å². The van der Waals surface area contributed by atoms with Gasteiger partial charge in [0.2, 0.25) is 0 Å². The van der Waals surface area contributed by atoms with Crippen LogP contribution in [0, 0.1) is 5.92 Å². The Morgan fingerprint density at radius 3 is 1.81 bits per heavy atom. The number of esters is 1. The Balaban J connectivity index is 0.000000613. The van der Waals surface area contributed by atoms with E-state index in [4.69, 9.17) is 4.74 Å². The highest BCUT2D eigenvalue weighted by molar-refractivity contribution is 7.87. The minimum absolute atomic E-state index is 0.0171. The van der Waals surface area contributed by atoms with Crippen LogP contribution < -0.4 is 5.32 Å². The van der Waals surface area contributed by atoms with Gasteiger partial charge in [0.05, 0.1) is 13.2 Å². The van der Waals surface area contributed by atoms with E-state index in [1.807, 2.05) is 60.7 Å². The van der Waals surface area contributed by atoms with Gasteiger partial charge in [-0.1, -0.05) is 74.5 Å². The van der Waals surface area contributed by atoms with Crippen molar-refractivity contribution in [3.8, 4) is 0 Å². The zero-order valence-corrected chi connectivity index (χ0v) is 21.4. The predicted molar refractivity (Wildman–Crippen MR) is 129 cm³/mol. The largest absolute Gasteiger partial charge is 0.523 e. The molecule has 0 aliphatic carbocycles. The van der Waals surface area contributed by atoms with Crippen LogP contribution in [0.25, 0.3) is 0 Å². The van der Waals surface area contributed by atoms with Gasteiger partial charge >= 0.3 is 21.6 Å². The normalized spacial score (nSPS) is 13.3. The maximum atomic E-state index is 12.7. The highest BCUT2D eigenvalue weighted by atomic mass is 32.2. The fourth-order valence-electron chi connectivity index (χ4n) is 3.04. The van der Waals surface area contributed by atoms with Crippen LogP contribution in [-0.2, 0) is 41.7 Å². The van der Waals surface area contributed by atoms with Gasteiger partial charge in [-0.2, -0.15) is 21.6 Å². The number of Topliss-reactive ketones (excluding diaryl/α,β-unsaturated/α-hetero) is 1. The molecule has 2 aromatic rings. The van der Waals surface area contributed by atoms with Crippen LogP contribution in [0.1, 0.15) is 38.3 Å². The van der Waals surface area contributed by atoms with E-state index in [2.05, 4.69) is 23.3 Å². The second-order valence-electron chi connectivity index (χ2n) is 8.36. The summed E-state index contributed by atoms with van der Waals surface area (Å²) in [5.41, 5.74) is -3.30. The Kier molecular flexibility index (Phi) is 12.8. The third kappa shape index (κ3) is 11.3. The van der Waals surface area contributed by atoms with Crippen molar-refractivity contribution in [1.82, 2.24) is 5.32 Å². The number of rotatable bonds is 11. The summed E-state index contributed by atoms with van der Waals surface area (Å²) < 4.78 is 61.4. The second kappa shape index (κ2) is 14.7. The molecule has 1 N–H and O–H groups in total. The molecular formula is C25H32F3NO6S. The summed E-state index contributed by atoms with van der Waals surface area (Å²) in [6.45, 7) is 5.90. The van der Waals surface area contributed by atoms with E-state index in [-0.39, 0.29) is 18.4 Å². The topological polar surface area (TPSA) is 98.8 Å². The van der Waals surface area contributed by atoms with Gasteiger partial charge in [0, 0.05) is 0 Å². The number of hydrogen-bond acceptors (Lipinski definition) is 7. The lowest BCUT2D eigenvalue weighted by atomic mass is 9.99. The third-order valence-electron chi connectivity index (χ3n) is 4.89. The van der Waals surface area contributed by atoms with Crippen LogP contribution in [-0.4, -0.2) is 44.9 Å². The van der Waals surface area contributed by atoms with Gasteiger partial charge in [0.15, 0.2) is 0 Å². The Bertz CT molecular complexity index is 1040. The average molecular weight is 532 g/mol. The molecule has 0 amide bonds. The van der Waals surface area contributed by atoms with Crippen molar-refractivity contribution in [2.75, 3.05) is 7.11 Å². The average Bonchev–Trinajstić information content (AvgIpc) is 2.82. The van der Waals surface area contributed by atoms with E-state index in [1.165, 1.54) is 0 Å². The number of hydrogen-bond donors (Lipinski definition) is 1. The van der Waals surface area contributed by atoms with Crippen LogP contribution in [0.2, 0.25) is 0 Å². The molecule has 0 heterocycles. The first-order valence-electron chi connectivity index (χ1n) is 11.1. The van der Waals surface area contributed by atoms with E-state index in [0.717, 1.165) is 11.1 Å². The first-order chi connectivity index (χ1) is 16.8. The molecule has 36 heavy (non-hydrogen) atoms. The highest BCUT2D eigenvalue weighted by Crippen LogP contribution is 2.23. The fraction of sp³-hybridized carbons (Fsp3) is 0.440. The summed E-state index contributed by atoms with van der Waals surface area (Å²) in [5.74, 6) is 0.00596. The molecule has 200 valence electrons. The van der Waals surface area contributed by atoms with E-state index in [1.54, 1.807) is 6.92 Å². The Hall–Kier alpha value is -2.76. The van der Waals surface area contributed by atoms with Gasteiger partial charge in [-0.05, 0) is 36.8 Å². The number of ketones is 1.